The molecule has 0 radical (unpaired) electrons. The molecule has 0 aliphatic heterocycles. The molecular weight excluding hydrogens is 590 g/mol. The van der Waals surface area contributed by atoms with Gasteiger partial charge in [0.05, 0.1) is 16.1 Å². The monoisotopic (exact) mass is 615 g/mol. The maximum Gasteiger partial charge on any atom is 0.416 e. The maximum absolute atomic E-state index is 13.8. The fourth-order valence-electron chi connectivity index (χ4n) is 3.85. The number of hydrogen-bond donors (Lipinski definition) is 1. The number of benzene rings is 3. The van der Waals surface area contributed by atoms with Crippen LogP contribution in [-0.4, -0.2) is 44.8 Å². The molecule has 40 heavy (non-hydrogen) atoms. The second-order valence-electron chi connectivity index (χ2n) is 8.88. The van der Waals surface area contributed by atoms with E-state index in [0.717, 1.165) is 28.7 Å². The number of sulfonamides is 1. The molecule has 2 amide bonds. The van der Waals surface area contributed by atoms with Crippen LogP contribution in [-0.2, 0) is 32.3 Å². The molecule has 0 aliphatic rings. The maximum atomic E-state index is 13.8. The molecule has 0 bridgehead atoms. The summed E-state index contributed by atoms with van der Waals surface area (Å²) in [6.45, 7) is 1.97. The number of carbonyl (C=O) groups excluding carboxylic acids is 2. The van der Waals surface area contributed by atoms with Gasteiger partial charge in [-0.3, -0.25) is 13.9 Å². The third-order valence-electron chi connectivity index (χ3n) is 6.15. The van der Waals surface area contributed by atoms with E-state index in [1.165, 1.54) is 50.4 Å². The molecule has 3 aromatic carbocycles. The van der Waals surface area contributed by atoms with Crippen LogP contribution in [0.15, 0.2) is 71.6 Å². The fraction of sp³-hybridized carbons (Fsp3) is 0.259. The summed E-state index contributed by atoms with van der Waals surface area (Å²) in [5, 5.41) is 2.84. The van der Waals surface area contributed by atoms with Gasteiger partial charge in [-0.25, -0.2) is 8.42 Å². The molecule has 3 aromatic rings. The highest BCUT2D eigenvalue weighted by molar-refractivity contribution is 7.92. The predicted molar refractivity (Wildman–Crippen MR) is 148 cm³/mol. The molecule has 0 heterocycles. The largest absolute Gasteiger partial charge is 0.416 e. The number of halogens is 5. The summed E-state index contributed by atoms with van der Waals surface area (Å²) < 4.78 is 68.6. The molecular formula is C27H26Cl2F3N3O4S. The highest BCUT2D eigenvalue weighted by Gasteiger charge is 2.35. The molecule has 0 spiro atoms. The number of rotatable bonds is 9. The van der Waals surface area contributed by atoms with Crippen molar-refractivity contribution >= 4 is 50.7 Å². The van der Waals surface area contributed by atoms with Crippen LogP contribution in [0.4, 0.5) is 18.9 Å². The molecule has 214 valence electrons. The van der Waals surface area contributed by atoms with E-state index >= 15 is 0 Å². The normalized spacial score (nSPS) is 12.5. The van der Waals surface area contributed by atoms with Crippen LogP contribution in [0, 0.1) is 6.92 Å². The summed E-state index contributed by atoms with van der Waals surface area (Å²) in [7, 11) is -3.17. The Morgan fingerprint density at radius 3 is 2.10 bits per heavy atom. The third kappa shape index (κ3) is 7.07. The minimum atomic E-state index is -4.76. The van der Waals surface area contributed by atoms with Gasteiger partial charge in [0.1, 0.15) is 12.6 Å². The zero-order valence-corrected chi connectivity index (χ0v) is 24.0. The van der Waals surface area contributed by atoms with Crippen LogP contribution in [0.3, 0.4) is 0 Å². The molecule has 0 saturated heterocycles. The molecule has 1 N–H and O–H groups in total. The summed E-state index contributed by atoms with van der Waals surface area (Å²) >= 11 is 12.6. The Morgan fingerprint density at radius 1 is 0.975 bits per heavy atom. The highest BCUT2D eigenvalue weighted by Crippen LogP contribution is 2.34. The van der Waals surface area contributed by atoms with E-state index in [1.54, 1.807) is 13.0 Å². The first-order valence-electron chi connectivity index (χ1n) is 11.9. The minimum absolute atomic E-state index is 0.205. The van der Waals surface area contributed by atoms with Gasteiger partial charge in [0, 0.05) is 29.2 Å². The van der Waals surface area contributed by atoms with Gasteiger partial charge in [-0.15, -0.1) is 0 Å². The number of hydrogen-bond acceptors (Lipinski definition) is 4. The smallest absolute Gasteiger partial charge is 0.357 e. The van der Waals surface area contributed by atoms with Gasteiger partial charge in [0.15, 0.2) is 0 Å². The lowest BCUT2D eigenvalue weighted by Crippen LogP contribution is -2.50. The van der Waals surface area contributed by atoms with E-state index in [-0.39, 0.29) is 27.2 Å². The van der Waals surface area contributed by atoms with Crippen molar-refractivity contribution in [3.05, 3.63) is 93.5 Å². The minimum Gasteiger partial charge on any atom is -0.357 e. The topological polar surface area (TPSA) is 86.8 Å². The summed E-state index contributed by atoms with van der Waals surface area (Å²) in [6, 6.07) is 12.8. The number of alkyl halides is 3. The van der Waals surface area contributed by atoms with E-state index in [0.29, 0.717) is 15.9 Å². The van der Waals surface area contributed by atoms with Crippen molar-refractivity contribution in [2.24, 2.45) is 0 Å². The first-order chi connectivity index (χ1) is 18.7. The van der Waals surface area contributed by atoms with Crippen molar-refractivity contribution in [1.29, 1.82) is 0 Å². The van der Waals surface area contributed by atoms with Crippen molar-refractivity contribution in [3.8, 4) is 0 Å². The summed E-state index contributed by atoms with van der Waals surface area (Å²) in [5.74, 6) is -1.44. The molecule has 13 heteroatoms. The molecule has 0 aliphatic carbocycles. The Balaban J connectivity index is 2.13. The van der Waals surface area contributed by atoms with Crippen LogP contribution in [0.5, 0.6) is 0 Å². The zero-order chi connectivity index (χ0) is 29.8. The lowest BCUT2D eigenvalue weighted by molar-refractivity contribution is -0.139. The van der Waals surface area contributed by atoms with E-state index in [9.17, 15) is 31.2 Å². The third-order valence-corrected chi connectivity index (χ3v) is 8.65. The molecule has 0 saturated carbocycles. The van der Waals surface area contributed by atoms with Crippen molar-refractivity contribution in [1.82, 2.24) is 10.2 Å². The number of carbonyl (C=O) groups is 2. The van der Waals surface area contributed by atoms with Crippen molar-refractivity contribution in [3.63, 3.8) is 0 Å². The van der Waals surface area contributed by atoms with E-state index in [4.69, 9.17) is 23.2 Å². The van der Waals surface area contributed by atoms with Gasteiger partial charge in [0.2, 0.25) is 11.8 Å². The van der Waals surface area contributed by atoms with E-state index in [2.05, 4.69) is 5.32 Å². The quantitative estimate of drug-likeness (QED) is 0.335. The number of amides is 2. The Morgan fingerprint density at radius 2 is 1.55 bits per heavy atom. The first kappa shape index (κ1) is 31.3. The standard InChI is InChI=1S/C27H26Cl2F3N3O4S/c1-17-10-12-21(13-11-17)40(38,39)35(20-7-4-6-19(14-20)27(30,31)32)16-25(36)34(18(2)26(37)33-3)15-22-23(28)8-5-9-24(22)29/h4-14,18H,15-16H2,1-3H3,(H,33,37)/t18-/m0/s1. The van der Waals surface area contributed by atoms with Crippen LogP contribution in [0.2, 0.25) is 10.0 Å². The second-order valence-corrected chi connectivity index (χ2v) is 11.6. The first-order valence-corrected chi connectivity index (χ1v) is 14.1. The van der Waals surface area contributed by atoms with Crippen LogP contribution < -0.4 is 9.62 Å². The number of nitrogens with one attached hydrogen (secondary N) is 1. The van der Waals surface area contributed by atoms with Crippen molar-refractivity contribution in [2.45, 2.75) is 37.5 Å². The number of likely N-dealkylation sites (N-methyl/N-ethyl adjacent to an activating group) is 1. The number of nitrogens with zero attached hydrogens (tertiary/aromatic N) is 2. The van der Waals surface area contributed by atoms with Gasteiger partial charge in [-0.05, 0) is 56.3 Å². The average molecular weight is 616 g/mol. The molecule has 3 rings (SSSR count). The highest BCUT2D eigenvalue weighted by atomic mass is 35.5. The van der Waals surface area contributed by atoms with Gasteiger partial charge in [-0.2, -0.15) is 13.2 Å². The SMILES string of the molecule is CNC(=O)[C@H](C)N(Cc1c(Cl)cccc1Cl)C(=O)CN(c1cccc(C(F)(F)F)c1)S(=O)(=O)c1ccc(C)cc1. The Bertz CT molecular complexity index is 1480. The lowest BCUT2D eigenvalue weighted by Gasteiger charge is -2.32. The Kier molecular flexibility index (Phi) is 9.76. The Labute approximate surface area is 240 Å². The summed E-state index contributed by atoms with van der Waals surface area (Å²) in [6.07, 6.45) is -4.76. The van der Waals surface area contributed by atoms with Crippen LogP contribution in [0.25, 0.3) is 0 Å². The second kappa shape index (κ2) is 12.5. The van der Waals surface area contributed by atoms with Gasteiger partial charge in [-0.1, -0.05) is 53.0 Å². The number of anilines is 1. The van der Waals surface area contributed by atoms with Crippen molar-refractivity contribution < 1.29 is 31.2 Å². The lowest BCUT2D eigenvalue weighted by atomic mass is 10.1. The van der Waals surface area contributed by atoms with Crippen LogP contribution in [0.1, 0.15) is 23.6 Å². The molecule has 0 aromatic heterocycles. The predicted octanol–water partition coefficient (Wildman–Crippen LogP) is 5.68. The number of aryl methyl sites for hydroxylation is 1. The van der Waals surface area contributed by atoms with Gasteiger partial charge >= 0.3 is 6.18 Å². The molecule has 0 fully saturated rings. The van der Waals surface area contributed by atoms with E-state index < -0.39 is 46.2 Å². The molecule has 0 unspecified atom stereocenters. The van der Waals surface area contributed by atoms with E-state index in [1.807, 2.05) is 0 Å². The average Bonchev–Trinajstić information content (AvgIpc) is 2.90. The molecule has 7 nitrogen and oxygen atoms in total. The molecule has 1 atom stereocenters. The van der Waals surface area contributed by atoms with Gasteiger partial charge in [0.25, 0.3) is 10.0 Å². The van der Waals surface area contributed by atoms with Crippen molar-refractivity contribution in [2.75, 3.05) is 17.9 Å². The summed E-state index contributed by atoms with van der Waals surface area (Å²) in [4.78, 5) is 27.1. The zero-order valence-electron chi connectivity index (χ0n) is 21.7. The van der Waals surface area contributed by atoms with Gasteiger partial charge < -0.3 is 10.2 Å². The fourth-order valence-corrected chi connectivity index (χ4v) is 5.77. The Hall–Kier alpha value is -3.28. The van der Waals surface area contributed by atoms with Crippen LogP contribution >= 0.6 is 23.2 Å². The summed E-state index contributed by atoms with van der Waals surface area (Å²) in [5.41, 5.74) is -0.420.